The number of amidine groups is 1. The third-order valence-electron chi connectivity index (χ3n) is 10.3. The molecule has 2 bridgehead atoms. The lowest BCUT2D eigenvalue weighted by Crippen LogP contribution is -2.37. The van der Waals surface area contributed by atoms with E-state index in [2.05, 4.69) is 60.1 Å². The average Bonchev–Trinajstić information content (AvgIpc) is 3.71. The number of pyridine rings is 1. The lowest BCUT2D eigenvalue weighted by Gasteiger charge is -2.40. The van der Waals surface area contributed by atoms with Crippen LogP contribution in [0.4, 0.5) is 5.69 Å². The van der Waals surface area contributed by atoms with Gasteiger partial charge in [0.25, 0.3) is 0 Å². The van der Waals surface area contributed by atoms with Crippen LogP contribution in [-0.2, 0) is 6.42 Å². The van der Waals surface area contributed by atoms with E-state index in [1.165, 1.54) is 92.4 Å². The van der Waals surface area contributed by atoms with Crippen molar-refractivity contribution < 1.29 is 0 Å². The van der Waals surface area contributed by atoms with E-state index in [0.717, 1.165) is 43.9 Å². The molecule has 0 spiro atoms. The Labute approximate surface area is 235 Å². The number of hydrogen-bond donors (Lipinski definition) is 0. The van der Waals surface area contributed by atoms with Crippen molar-refractivity contribution in [2.75, 3.05) is 18.0 Å². The molecule has 1 aromatic carbocycles. The summed E-state index contributed by atoms with van der Waals surface area (Å²) in [6.45, 7) is 11.1. The second-order valence-electron chi connectivity index (χ2n) is 12.9. The van der Waals surface area contributed by atoms with Gasteiger partial charge in [0.15, 0.2) is 0 Å². The number of anilines is 1. The van der Waals surface area contributed by atoms with Crippen molar-refractivity contribution in [3.05, 3.63) is 60.6 Å². The number of fused-ring (bicyclic) bond motifs is 2. The fourth-order valence-electron chi connectivity index (χ4n) is 8.03. The first kappa shape index (κ1) is 26.5. The molecule has 6 rings (SSSR count). The van der Waals surface area contributed by atoms with Gasteiger partial charge in [0.05, 0.1) is 6.54 Å². The molecule has 39 heavy (non-hydrogen) atoms. The van der Waals surface area contributed by atoms with E-state index in [-0.39, 0.29) is 5.41 Å². The maximum Gasteiger partial charge on any atom is 0.123 e. The first-order valence-electron chi connectivity index (χ1n) is 15.7. The summed E-state index contributed by atoms with van der Waals surface area (Å²) in [4.78, 5) is 17.1. The van der Waals surface area contributed by atoms with Crippen molar-refractivity contribution >= 4 is 17.2 Å². The van der Waals surface area contributed by atoms with Gasteiger partial charge >= 0.3 is 0 Å². The summed E-state index contributed by atoms with van der Waals surface area (Å²) in [7, 11) is 0. The van der Waals surface area contributed by atoms with E-state index in [0.29, 0.717) is 11.3 Å². The zero-order valence-corrected chi connectivity index (χ0v) is 24.2. The van der Waals surface area contributed by atoms with E-state index >= 15 is 0 Å². The standard InChI is InChI=1S/C35H46N4/c1-4-10-33-37-23-32(38-33)35-18-16-34(24-35,17-19-35)25-39(26(3)27-11-7-6-8-12-27)31-14-9-13-28(22-31)29-15-20-36-30(5-2)21-29/h9,13-15,20-22,27H,3-8,10-12,16-19,23-25H2,1-2H3. The maximum absolute atomic E-state index is 5.10. The van der Waals surface area contributed by atoms with Crippen LogP contribution in [0.25, 0.3) is 11.1 Å². The van der Waals surface area contributed by atoms with Crippen molar-refractivity contribution in [1.82, 2.24) is 4.98 Å². The van der Waals surface area contributed by atoms with Gasteiger partial charge in [0, 0.05) is 47.4 Å². The molecule has 0 unspecified atom stereocenters. The van der Waals surface area contributed by atoms with Crippen LogP contribution >= 0.6 is 0 Å². The molecule has 4 nitrogen and oxygen atoms in total. The Bertz CT molecular complexity index is 1260. The van der Waals surface area contributed by atoms with Crippen LogP contribution < -0.4 is 4.90 Å². The molecule has 3 saturated carbocycles. The number of aryl methyl sites for hydroxylation is 1. The molecule has 0 radical (unpaired) electrons. The minimum atomic E-state index is 0.284. The Balaban J connectivity index is 1.29. The van der Waals surface area contributed by atoms with Gasteiger partial charge in [-0.2, -0.15) is 0 Å². The molecule has 3 fully saturated rings. The number of aliphatic imine (C=N–C) groups is 2. The van der Waals surface area contributed by atoms with E-state index < -0.39 is 0 Å². The maximum atomic E-state index is 5.10. The monoisotopic (exact) mass is 522 g/mol. The second-order valence-corrected chi connectivity index (χ2v) is 12.9. The first-order chi connectivity index (χ1) is 19.0. The van der Waals surface area contributed by atoms with Gasteiger partial charge in [-0.1, -0.05) is 51.8 Å². The Hall–Kier alpha value is -2.75. The molecule has 206 valence electrons. The third-order valence-corrected chi connectivity index (χ3v) is 10.3. The third kappa shape index (κ3) is 5.24. The normalized spacial score (nSPS) is 26.5. The number of rotatable bonds is 10. The van der Waals surface area contributed by atoms with Gasteiger partial charge in [0.2, 0.25) is 0 Å². The largest absolute Gasteiger partial charge is 0.345 e. The lowest BCUT2D eigenvalue weighted by molar-refractivity contribution is 0.293. The molecular weight excluding hydrogens is 476 g/mol. The Morgan fingerprint density at radius 1 is 1.00 bits per heavy atom. The van der Waals surface area contributed by atoms with E-state index in [1.54, 1.807) is 0 Å². The zero-order chi connectivity index (χ0) is 26.9. The summed E-state index contributed by atoms with van der Waals surface area (Å²) in [6.07, 6.45) is 18.1. The highest BCUT2D eigenvalue weighted by Gasteiger charge is 2.57. The lowest BCUT2D eigenvalue weighted by atomic mass is 9.78. The summed E-state index contributed by atoms with van der Waals surface area (Å²) < 4.78 is 0. The molecule has 2 heterocycles. The second kappa shape index (κ2) is 11.0. The van der Waals surface area contributed by atoms with Crippen molar-refractivity contribution in [1.29, 1.82) is 0 Å². The highest BCUT2D eigenvalue weighted by Crippen LogP contribution is 2.63. The summed E-state index contributed by atoms with van der Waals surface area (Å²) >= 11 is 0. The van der Waals surface area contributed by atoms with Crippen LogP contribution in [-0.4, -0.2) is 29.6 Å². The van der Waals surface area contributed by atoms with Crippen LogP contribution in [0.15, 0.2) is 64.9 Å². The summed E-state index contributed by atoms with van der Waals surface area (Å²) in [6, 6.07) is 13.6. The Kier molecular flexibility index (Phi) is 7.48. The van der Waals surface area contributed by atoms with Crippen molar-refractivity contribution in [2.24, 2.45) is 26.7 Å². The molecule has 4 aliphatic rings. The van der Waals surface area contributed by atoms with E-state index in [1.807, 2.05) is 6.20 Å². The van der Waals surface area contributed by atoms with Crippen LogP contribution in [0, 0.1) is 16.7 Å². The predicted octanol–water partition coefficient (Wildman–Crippen LogP) is 8.82. The SMILES string of the molecule is C=C(C1CCCCC1)N(CC12CCC(C3=NC(CCC)=NC3)(CC1)C2)c1cccc(-c2ccnc(CC)c2)c1. The minimum Gasteiger partial charge on any atom is -0.345 e. The molecule has 0 amide bonds. The average molecular weight is 523 g/mol. The van der Waals surface area contributed by atoms with Gasteiger partial charge in [0.1, 0.15) is 5.84 Å². The molecule has 4 heteroatoms. The van der Waals surface area contributed by atoms with Gasteiger partial charge < -0.3 is 4.90 Å². The van der Waals surface area contributed by atoms with Crippen LogP contribution in [0.5, 0.6) is 0 Å². The Morgan fingerprint density at radius 3 is 2.56 bits per heavy atom. The number of benzene rings is 1. The summed E-state index contributed by atoms with van der Waals surface area (Å²) in [5.41, 5.74) is 8.36. The van der Waals surface area contributed by atoms with Crippen LogP contribution in [0.3, 0.4) is 0 Å². The smallest absolute Gasteiger partial charge is 0.123 e. The molecule has 0 N–H and O–H groups in total. The topological polar surface area (TPSA) is 40.9 Å². The highest BCUT2D eigenvalue weighted by atomic mass is 15.2. The van der Waals surface area contributed by atoms with Gasteiger partial charge in [-0.05, 0) is 105 Å². The van der Waals surface area contributed by atoms with Crippen molar-refractivity contribution in [3.63, 3.8) is 0 Å². The first-order valence-corrected chi connectivity index (χ1v) is 15.7. The molecule has 1 aromatic heterocycles. The number of allylic oxidation sites excluding steroid dienone is 1. The van der Waals surface area contributed by atoms with E-state index in [9.17, 15) is 0 Å². The number of hydrogen-bond acceptors (Lipinski definition) is 4. The molecule has 2 aromatic rings. The van der Waals surface area contributed by atoms with Gasteiger partial charge in [-0.25, -0.2) is 4.99 Å². The summed E-state index contributed by atoms with van der Waals surface area (Å²) in [5, 5.41) is 0. The minimum absolute atomic E-state index is 0.284. The predicted molar refractivity (Wildman–Crippen MR) is 165 cm³/mol. The Morgan fingerprint density at radius 2 is 1.79 bits per heavy atom. The van der Waals surface area contributed by atoms with Crippen molar-refractivity contribution in [2.45, 2.75) is 97.3 Å². The van der Waals surface area contributed by atoms with Gasteiger partial charge in [-0.15, -0.1) is 0 Å². The number of aromatic nitrogens is 1. The summed E-state index contributed by atoms with van der Waals surface area (Å²) in [5.74, 6) is 1.70. The highest BCUT2D eigenvalue weighted by molar-refractivity contribution is 6.07. The fraction of sp³-hybridized carbons (Fsp3) is 0.571. The number of nitrogens with zero attached hydrogens (tertiary/aromatic N) is 4. The molecule has 0 atom stereocenters. The van der Waals surface area contributed by atoms with E-state index in [4.69, 9.17) is 16.6 Å². The molecule has 0 saturated heterocycles. The van der Waals surface area contributed by atoms with Crippen molar-refractivity contribution in [3.8, 4) is 11.1 Å². The van der Waals surface area contributed by atoms with Crippen LogP contribution in [0.2, 0.25) is 0 Å². The van der Waals surface area contributed by atoms with Gasteiger partial charge in [-0.3, -0.25) is 9.98 Å². The molecular formula is C35H46N4. The zero-order valence-electron chi connectivity index (χ0n) is 24.2. The molecule has 3 aliphatic carbocycles. The molecule has 1 aliphatic heterocycles. The quantitative estimate of drug-likeness (QED) is 0.313. The van der Waals surface area contributed by atoms with Crippen LogP contribution in [0.1, 0.15) is 96.6 Å². The fourth-order valence-corrected chi connectivity index (χ4v) is 8.03.